The molecule has 0 atom stereocenters. The number of amides is 1. The lowest BCUT2D eigenvalue weighted by Gasteiger charge is -2.08. The SMILES string of the molecule is CCSc1nnc(NC(=O)c2cc(C3CC3)nc3ccccc23)s1. The average Bonchev–Trinajstić information content (AvgIpc) is 3.36. The molecule has 2 aromatic heterocycles. The molecule has 0 radical (unpaired) electrons. The van der Waals surface area contributed by atoms with Gasteiger partial charge in [0.2, 0.25) is 5.13 Å². The first-order valence-electron chi connectivity index (χ1n) is 7.92. The number of rotatable bonds is 5. The smallest absolute Gasteiger partial charge is 0.258 e. The summed E-state index contributed by atoms with van der Waals surface area (Å²) < 4.78 is 0.867. The van der Waals surface area contributed by atoms with Crippen molar-refractivity contribution >= 4 is 45.0 Å². The molecule has 0 unspecified atom stereocenters. The van der Waals surface area contributed by atoms with E-state index in [9.17, 15) is 4.79 Å². The Morgan fingerprint density at radius 1 is 1.33 bits per heavy atom. The molecule has 0 bridgehead atoms. The highest BCUT2D eigenvalue weighted by Gasteiger charge is 2.27. The zero-order valence-electron chi connectivity index (χ0n) is 13.2. The van der Waals surface area contributed by atoms with Crippen LogP contribution >= 0.6 is 23.1 Å². The summed E-state index contributed by atoms with van der Waals surface area (Å²) in [6.45, 7) is 2.06. The molecule has 1 fully saturated rings. The van der Waals surface area contributed by atoms with E-state index in [0.717, 1.165) is 39.5 Å². The summed E-state index contributed by atoms with van der Waals surface area (Å²) in [5.74, 6) is 1.28. The second-order valence-corrected chi connectivity index (χ2v) is 8.14. The molecular weight excluding hydrogens is 340 g/mol. The maximum absolute atomic E-state index is 12.8. The van der Waals surface area contributed by atoms with Gasteiger partial charge in [-0.2, -0.15) is 0 Å². The molecule has 0 spiro atoms. The third kappa shape index (κ3) is 3.14. The molecule has 0 aliphatic heterocycles. The first kappa shape index (κ1) is 15.5. The summed E-state index contributed by atoms with van der Waals surface area (Å²) in [5, 5.41) is 12.4. The summed E-state index contributed by atoms with van der Waals surface area (Å²) in [7, 11) is 0. The summed E-state index contributed by atoms with van der Waals surface area (Å²) in [6, 6.07) is 9.70. The quantitative estimate of drug-likeness (QED) is 0.544. The van der Waals surface area contributed by atoms with E-state index in [2.05, 4.69) is 22.4 Å². The topological polar surface area (TPSA) is 67.8 Å². The number of anilines is 1. The Balaban J connectivity index is 1.67. The molecule has 5 nitrogen and oxygen atoms in total. The van der Waals surface area contributed by atoms with Crippen molar-refractivity contribution in [3.05, 3.63) is 41.6 Å². The van der Waals surface area contributed by atoms with Gasteiger partial charge in [0.05, 0.1) is 11.1 Å². The number of carbonyl (C=O) groups is 1. The molecule has 4 rings (SSSR count). The molecule has 1 N–H and O–H groups in total. The number of hydrogen-bond acceptors (Lipinski definition) is 6. The Bertz CT molecular complexity index is 904. The standard InChI is InChI=1S/C17H16N4OS2/c1-2-23-17-21-20-16(24-17)19-15(22)12-9-14(10-7-8-10)18-13-6-4-3-5-11(12)13/h3-6,9-10H,2,7-8H2,1H3,(H,19,20,22). The minimum atomic E-state index is -0.153. The Kier molecular flexibility index (Phi) is 4.20. The number of nitrogens with one attached hydrogen (secondary N) is 1. The van der Waals surface area contributed by atoms with E-state index in [1.54, 1.807) is 11.8 Å². The number of fused-ring (bicyclic) bond motifs is 1. The number of hydrogen-bond donors (Lipinski definition) is 1. The molecule has 0 saturated heterocycles. The fourth-order valence-electron chi connectivity index (χ4n) is 2.58. The second kappa shape index (κ2) is 6.49. The molecule has 1 amide bonds. The molecule has 1 aliphatic rings. The first-order chi connectivity index (χ1) is 11.7. The van der Waals surface area contributed by atoms with Gasteiger partial charge < -0.3 is 0 Å². The lowest BCUT2D eigenvalue weighted by molar-refractivity contribution is 0.102. The highest BCUT2D eigenvalue weighted by atomic mass is 32.2. The fourth-order valence-corrected chi connectivity index (χ4v) is 4.22. The van der Waals surface area contributed by atoms with Crippen molar-refractivity contribution in [2.75, 3.05) is 11.1 Å². The molecule has 2 heterocycles. The van der Waals surface area contributed by atoms with Crippen LogP contribution < -0.4 is 5.32 Å². The monoisotopic (exact) mass is 356 g/mol. The van der Waals surface area contributed by atoms with Crippen LogP contribution in [-0.2, 0) is 0 Å². The number of para-hydroxylation sites is 1. The fraction of sp³-hybridized carbons (Fsp3) is 0.294. The van der Waals surface area contributed by atoms with Crippen molar-refractivity contribution in [3.8, 4) is 0 Å². The predicted octanol–water partition coefficient (Wildman–Crippen LogP) is 4.33. The number of pyridine rings is 1. The summed E-state index contributed by atoms with van der Waals surface area (Å²) in [6.07, 6.45) is 2.31. The van der Waals surface area contributed by atoms with Crippen LogP contribution in [0.3, 0.4) is 0 Å². The van der Waals surface area contributed by atoms with Crippen molar-refractivity contribution in [1.29, 1.82) is 0 Å². The molecule has 1 aliphatic carbocycles. The second-order valence-electron chi connectivity index (χ2n) is 5.65. The number of benzene rings is 1. The minimum Gasteiger partial charge on any atom is -0.296 e. The number of nitrogens with zero attached hydrogens (tertiary/aromatic N) is 3. The Labute approximate surface area is 147 Å². The van der Waals surface area contributed by atoms with Gasteiger partial charge in [-0.15, -0.1) is 10.2 Å². The van der Waals surface area contributed by atoms with E-state index in [1.807, 2.05) is 30.3 Å². The number of thioether (sulfide) groups is 1. The molecule has 1 saturated carbocycles. The van der Waals surface area contributed by atoms with Gasteiger partial charge in [-0.3, -0.25) is 15.1 Å². The van der Waals surface area contributed by atoms with E-state index < -0.39 is 0 Å². The van der Waals surface area contributed by atoms with Gasteiger partial charge in [0.1, 0.15) is 0 Å². The highest BCUT2D eigenvalue weighted by molar-refractivity contribution is 8.01. The lowest BCUT2D eigenvalue weighted by Crippen LogP contribution is -2.13. The van der Waals surface area contributed by atoms with Gasteiger partial charge in [-0.1, -0.05) is 48.2 Å². The molecule has 3 aromatic rings. The number of aromatic nitrogens is 3. The first-order valence-corrected chi connectivity index (χ1v) is 9.72. The molecular formula is C17H16N4OS2. The summed E-state index contributed by atoms with van der Waals surface area (Å²) in [4.78, 5) is 17.5. The van der Waals surface area contributed by atoms with Gasteiger partial charge in [0.25, 0.3) is 5.91 Å². The van der Waals surface area contributed by atoms with Crippen LogP contribution in [0.15, 0.2) is 34.7 Å². The largest absolute Gasteiger partial charge is 0.296 e. The maximum Gasteiger partial charge on any atom is 0.258 e. The van der Waals surface area contributed by atoms with E-state index in [4.69, 9.17) is 4.98 Å². The normalized spacial score (nSPS) is 14.0. The van der Waals surface area contributed by atoms with Gasteiger partial charge in [-0.05, 0) is 30.7 Å². The van der Waals surface area contributed by atoms with E-state index in [0.29, 0.717) is 16.6 Å². The van der Waals surface area contributed by atoms with Crippen LogP contribution in [0, 0.1) is 0 Å². The third-order valence-electron chi connectivity index (χ3n) is 3.87. The van der Waals surface area contributed by atoms with Crippen molar-refractivity contribution in [2.45, 2.75) is 30.0 Å². The van der Waals surface area contributed by atoms with Crippen molar-refractivity contribution in [2.24, 2.45) is 0 Å². The minimum absolute atomic E-state index is 0.153. The van der Waals surface area contributed by atoms with Crippen LogP contribution in [0.25, 0.3) is 10.9 Å². The van der Waals surface area contributed by atoms with Crippen LogP contribution in [-0.4, -0.2) is 26.8 Å². The van der Waals surface area contributed by atoms with E-state index >= 15 is 0 Å². The van der Waals surface area contributed by atoms with Crippen molar-refractivity contribution < 1.29 is 4.79 Å². The predicted molar refractivity (Wildman–Crippen MR) is 98.0 cm³/mol. The van der Waals surface area contributed by atoms with Crippen molar-refractivity contribution in [3.63, 3.8) is 0 Å². The molecule has 7 heteroatoms. The lowest BCUT2D eigenvalue weighted by atomic mass is 10.1. The van der Waals surface area contributed by atoms with Crippen LogP contribution in [0.1, 0.15) is 41.7 Å². The molecule has 122 valence electrons. The Morgan fingerprint density at radius 3 is 2.96 bits per heavy atom. The van der Waals surface area contributed by atoms with Gasteiger partial charge in [0.15, 0.2) is 4.34 Å². The van der Waals surface area contributed by atoms with E-state index in [1.165, 1.54) is 11.3 Å². The van der Waals surface area contributed by atoms with E-state index in [-0.39, 0.29) is 5.91 Å². The van der Waals surface area contributed by atoms with Crippen LogP contribution in [0.2, 0.25) is 0 Å². The maximum atomic E-state index is 12.8. The zero-order valence-corrected chi connectivity index (χ0v) is 14.8. The molecule has 24 heavy (non-hydrogen) atoms. The Hall–Kier alpha value is -1.99. The molecule has 1 aromatic carbocycles. The summed E-state index contributed by atoms with van der Waals surface area (Å²) in [5.41, 5.74) is 2.53. The zero-order chi connectivity index (χ0) is 16.5. The average molecular weight is 356 g/mol. The van der Waals surface area contributed by atoms with Crippen LogP contribution in [0.4, 0.5) is 5.13 Å². The van der Waals surface area contributed by atoms with Gasteiger partial charge in [0, 0.05) is 17.0 Å². The Morgan fingerprint density at radius 2 is 2.17 bits per heavy atom. The van der Waals surface area contributed by atoms with Gasteiger partial charge in [-0.25, -0.2) is 0 Å². The van der Waals surface area contributed by atoms with Crippen molar-refractivity contribution in [1.82, 2.24) is 15.2 Å². The third-order valence-corrected chi connectivity index (χ3v) is 5.73. The van der Waals surface area contributed by atoms with Gasteiger partial charge >= 0.3 is 0 Å². The summed E-state index contributed by atoms with van der Waals surface area (Å²) >= 11 is 3.02. The van der Waals surface area contributed by atoms with Crippen LogP contribution in [0.5, 0.6) is 0 Å². The number of carbonyl (C=O) groups excluding carboxylic acids is 1. The highest BCUT2D eigenvalue weighted by Crippen LogP contribution is 2.40.